The molecule has 136 valence electrons. The molecular formula is C20H23N3O3. The van der Waals surface area contributed by atoms with E-state index < -0.39 is 0 Å². The zero-order chi connectivity index (χ0) is 18.4. The molecule has 1 heterocycles. The van der Waals surface area contributed by atoms with Gasteiger partial charge in [0.05, 0.1) is 0 Å². The van der Waals surface area contributed by atoms with E-state index in [0.29, 0.717) is 17.8 Å². The SMILES string of the molecule is O=C(CCn1ccccc1=O)Nc1ccc(C(=O)NC2CCCC2)cc1. The summed E-state index contributed by atoms with van der Waals surface area (Å²) in [4.78, 5) is 35.8. The summed E-state index contributed by atoms with van der Waals surface area (Å²) in [5.74, 6) is -0.248. The molecule has 2 N–H and O–H groups in total. The molecule has 1 aliphatic carbocycles. The highest BCUT2D eigenvalue weighted by atomic mass is 16.2. The summed E-state index contributed by atoms with van der Waals surface area (Å²) >= 11 is 0. The molecule has 6 heteroatoms. The molecule has 0 bridgehead atoms. The van der Waals surface area contributed by atoms with Gasteiger partial charge < -0.3 is 15.2 Å². The number of nitrogens with one attached hydrogen (secondary N) is 2. The molecule has 1 fully saturated rings. The predicted molar refractivity (Wildman–Crippen MR) is 100 cm³/mol. The molecule has 2 aromatic rings. The number of pyridine rings is 1. The molecular weight excluding hydrogens is 330 g/mol. The first-order valence-electron chi connectivity index (χ1n) is 8.98. The number of hydrogen-bond acceptors (Lipinski definition) is 3. The molecule has 0 atom stereocenters. The number of carbonyl (C=O) groups excluding carboxylic acids is 2. The van der Waals surface area contributed by atoms with Crippen molar-refractivity contribution in [2.24, 2.45) is 0 Å². The number of rotatable bonds is 6. The Labute approximate surface area is 152 Å². The second-order valence-electron chi connectivity index (χ2n) is 6.56. The van der Waals surface area contributed by atoms with Gasteiger partial charge in [0, 0.05) is 42.5 Å². The lowest BCUT2D eigenvalue weighted by Crippen LogP contribution is -2.32. The van der Waals surface area contributed by atoms with Crippen LogP contribution in [0.15, 0.2) is 53.5 Å². The van der Waals surface area contributed by atoms with Gasteiger partial charge in [-0.2, -0.15) is 0 Å². The van der Waals surface area contributed by atoms with Crippen molar-refractivity contribution in [1.82, 2.24) is 9.88 Å². The van der Waals surface area contributed by atoms with E-state index in [4.69, 9.17) is 0 Å². The summed E-state index contributed by atoms with van der Waals surface area (Å²) in [6, 6.07) is 12.0. The van der Waals surface area contributed by atoms with Crippen LogP contribution < -0.4 is 16.2 Å². The Morgan fingerprint density at radius 3 is 2.46 bits per heavy atom. The maximum atomic E-state index is 12.2. The average Bonchev–Trinajstić information content (AvgIpc) is 3.14. The summed E-state index contributed by atoms with van der Waals surface area (Å²) in [5, 5.41) is 5.83. The minimum absolute atomic E-state index is 0.0711. The van der Waals surface area contributed by atoms with Gasteiger partial charge in [0.1, 0.15) is 0 Å². The standard InChI is InChI=1S/C20H23N3O3/c24-18(12-14-23-13-4-3-7-19(23)25)21-17-10-8-15(9-11-17)20(26)22-16-5-1-2-6-16/h3-4,7-11,13,16H,1-2,5-6,12,14H2,(H,21,24)(H,22,26). The van der Waals surface area contributed by atoms with E-state index in [2.05, 4.69) is 10.6 Å². The molecule has 0 saturated heterocycles. The van der Waals surface area contributed by atoms with Crippen LogP contribution in [0.4, 0.5) is 5.69 Å². The Hall–Kier alpha value is -2.89. The Kier molecular flexibility index (Phi) is 5.84. The molecule has 0 unspecified atom stereocenters. The lowest BCUT2D eigenvalue weighted by molar-refractivity contribution is -0.116. The number of benzene rings is 1. The Morgan fingerprint density at radius 1 is 1.04 bits per heavy atom. The lowest BCUT2D eigenvalue weighted by atomic mass is 10.1. The summed E-state index contributed by atoms with van der Waals surface area (Å²) in [6.45, 7) is 0.327. The van der Waals surface area contributed by atoms with E-state index in [0.717, 1.165) is 12.8 Å². The summed E-state index contributed by atoms with van der Waals surface area (Å²) in [7, 11) is 0. The number of aromatic nitrogens is 1. The average molecular weight is 353 g/mol. The Balaban J connectivity index is 1.50. The number of nitrogens with zero attached hydrogens (tertiary/aromatic N) is 1. The third-order valence-corrected chi connectivity index (χ3v) is 4.60. The van der Waals surface area contributed by atoms with Crippen molar-refractivity contribution >= 4 is 17.5 Å². The molecule has 1 aromatic heterocycles. The number of carbonyl (C=O) groups is 2. The third kappa shape index (κ3) is 4.81. The van der Waals surface area contributed by atoms with E-state index >= 15 is 0 Å². The molecule has 1 aliphatic rings. The fourth-order valence-corrected chi connectivity index (χ4v) is 3.13. The van der Waals surface area contributed by atoms with Crippen LogP contribution in [0.1, 0.15) is 42.5 Å². The number of hydrogen-bond donors (Lipinski definition) is 2. The maximum Gasteiger partial charge on any atom is 0.251 e. The topological polar surface area (TPSA) is 80.2 Å². The van der Waals surface area contributed by atoms with Gasteiger partial charge in [-0.05, 0) is 43.2 Å². The van der Waals surface area contributed by atoms with Crippen LogP contribution in [0.3, 0.4) is 0 Å². The van der Waals surface area contributed by atoms with Crippen molar-refractivity contribution in [2.75, 3.05) is 5.32 Å². The van der Waals surface area contributed by atoms with Crippen molar-refractivity contribution in [3.63, 3.8) is 0 Å². The van der Waals surface area contributed by atoms with Crippen LogP contribution in [-0.4, -0.2) is 22.4 Å². The van der Waals surface area contributed by atoms with E-state index in [1.807, 2.05) is 0 Å². The highest BCUT2D eigenvalue weighted by molar-refractivity contribution is 5.96. The van der Waals surface area contributed by atoms with E-state index in [-0.39, 0.29) is 29.8 Å². The largest absolute Gasteiger partial charge is 0.349 e. The Morgan fingerprint density at radius 2 is 1.77 bits per heavy atom. The normalized spacial score (nSPS) is 14.2. The number of aryl methyl sites for hydroxylation is 1. The first-order chi connectivity index (χ1) is 12.6. The minimum atomic E-state index is -0.177. The molecule has 0 aliphatic heterocycles. The van der Waals surface area contributed by atoms with E-state index in [1.165, 1.54) is 23.5 Å². The molecule has 0 spiro atoms. The fraction of sp³-hybridized carbons (Fsp3) is 0.350. The maximum absolute atomic E-state index is 12.2. The van der Waals surface area contributed by atoms with Crippen molar-refractivity contribution in [2.45, 2.75) is 44.7 Å². The van der Waals surface area contributed by atoms with Gasteiger partial charge in [-0.15, -0.1) is 0 Å². The molecule has 1 aromatic carbocycles. The first-order valence-corrected chi connectivity index (χ1v) is 8.98. The zero-order valence-electron chi connectivity index (χ0n) is 14.6. The first kappa shape index (κ1) is 17.9. The van der Waals surface area contributed by atoms with Crippen LogP contribution in [-0.2, 0) is 11.3 Å². The smallest absolute Gasteiger partial charge is 0.251 e. The summed E-state index contributed by atoms with van der Waals surface area (Å²) in [6.07, 6.45) is 6.30. The van der Waals surface area contributed by atoms with Gasteiger partial charge in [0.2, 0.25) is 5.91 Å². The van der Waals surface area contributed by atoms with Crippen molar-refractivity contribution in [3.05, 3.63) is 64.6 Å². The summed E-state index contributed by atoms with van der Waals surface area (Å²) in [5.41, 5.74) is 1.09. The minimum Gasteiger partial charge on any atom is -0.349 e. The van der Waals surface area contributed by atoms with Crippen LogP contribution in [0.5, 0.6) is 0 Å². The molecule has 6 nitrogen and oxygen atoms in total. The second-order valence-corrected chi connectivity index (χ2v) is 6.56. The van der Waals surface area contributed by atoms with Gasteiger partial charge in [-0.3, -0.25) is 14.4 Å². The second kappa shape index (κ2) is 8.47. The highest BCUT2D eigenvalue weighted by Crippen LogP contribution is 2.18. The molecule has 0 radical (unpaired) electrons. The van der Waals surface area contributed by atoms with Crippen LogP contribution in [0.2, 0.25) is 0 Å². The van der Waals surface area contributed by atoms with Crippen LogP contribution >= 0.6 is 0 Å². The fourth-order valence-electron chi connectivity index (χ4n) is 3.13. The van der Waals surface area contributed by atoms with Crippen molar-refractivity contribution < 1.29 is 9.59 Å². The molecule has 3 rings (SSSR count). The zero-order valence-corrected chi connectivity index (χ0v) is 14.6. The van der Waals surface area contributed by atoms with Crippen molar-refractivity contribution in [1.29, 1.82) is 0 Å². The van der Waals surface area contributed by atoms with Gasteiger partial charge in [-0.1, -0.05) is 18.9 Å². The van der Waals surface area contributed by atoms with Gasteiger partial charge >= 0.3 is 0 Å². The van der Waals surface area contributed by atoms with Gasteiger partial charge in [0.25, 0.3) is 11.5 Å². The molecule has 2 amide bonds. The van der Waals surface area contributed by atoms with Crippen molar-refractivity contribution in [3.8, 4) is 0 Å². The Bertz CT molecular complexity index is 821. The molecule has 1 saturated carbocycles. The summed E-state index contributed by atoms with van der Waals surface area (Å²) < 4.78 is 1.50. The van der Waals surface area contributed by atoms with Gasteiger partial charge in [-0.25, -0.2) is 0 Å². The van der Waals surface area contributed by atoms with E-state index in [1.54, 1.807) is 42.6 Å². The number of anilines is 1. The predicted octanol–water partition coefficient (Wildman–Crippen LogP) is 2.55. The van der Waals surface area contributed by atoms with E-state index in [9.17, 15) is 14.4 Å². The third-order valence-electron chi connectivity index (χ3n) is 4.60. The monoisotopic (exact) mass is 353 g/mol. The highest BCUT2D eigenvalue weighted by Gasteiger charge is 2.17. The van der Waals surface area contributed by atoms with Gasteiger partial charge in [0.15, 0.2) is 0 Å². The van der Waals surface area contributed by atoms with Crippen LogP contribution in [0, 0.1) is 0 Å². The quantitative estimate of drug-likeness (QED) is 0.837. The van der Waals surface area contributed by atoms with Crippen LogP contribution in [0.25, 0.3) is 0 Å². The lowest BCUT2D eigenvalue weighted by Gasteiger charge is -2.12. The molecule has 26 heavy (non-hydrogen) atoms. The number of amides is 2.